The number of terminal acetylenes is 1. The molecule has 1 aromatic carbocycles. The first kappa shape index (κ1) is 12.6. The molecule has 86 valence electrons. The van der Waals surface area contributed by atoms with Gasteiger partial charge in [-0.05, 0) is 37.1 Å². The van der Waals surface area contributed by atoms with Gasteiger partial charge in [-0.15, -0.1) is 12.3 Å². The van der Waals surface area contributed by atoms with Crippen LogP contribution in [-0.4, -0.2) is 11.7 Å². The van der Waals surface area contributed by atoms with E-state index < -0.39 is 0 Å². The standard InChI is InChI=1S/C14H19NO/c1-3-5-6-11-15-14(4-2)12-7-9-13(16)10-8-12/h1,7-10,14-16H,4-6,11H2,2H3. The number of phenolic OH excluding ortho intramolecular Hbond substituents is 1. The highest BCUT2D eigenvalue weighted by molar-refractivity contribution is 5.27. The molecule has 1 atom stereocenters. The van der Waals surface area contributed by atoms with Gasteiger partial charge < -0.3 is 10.4 Å². The fourth-order valence-electron chi connectivity index (χ4n) is 1.67. The van der Waals surface area contributed by atoms with Crippen molar-refractivity contribution in [3.63, 3.8) is 0 Å². The molecular formula is C14H19NO. The van der Waals surface area contributed by atoms with Crippen molar-refractivity contribution in [2.45, 2.75) is 32.2 Å². The summed E-state index contributed by atoms with van der Waals surface area (Å²) < 4.78 is 0. The van der Waals surface area contributed by atoms with Crippen LogP contribution in [0.4, 0.5) is 0 Å². The fraction of sp³-hybridized carbons (Fsp3) is 0.429. The zero-order valence-electron chi connectivity index (χ0n) is 9.74. The number of phenols is 1. The zero-order valence-corrected chi connectivity index (χ0v) is 9.74. The van der Waals surface area contributed by atoms with Gasteiger partial charge in [0.05, 0.1) is 0 Å². The Bertz CT molecular complexity index is 337. The largest absolute Gasteiger partial charge is 0.508 e. The second kappa shape index (κ2) is 6.92. The SMILES string of the molecule is C#CCCCNC(CC)c1ccc(O)cc1. The first-order valence-electron chi connectivity index (χ1n) is 5.73. The summed E-state index contributed by atoms with van der Waals surface area (Å²) in [6, 6.07) is 7.70. The van der Waals surface area contributed by atoms with E-state index in [0.717, 1.165) is 25.8 Å². The normalized spacial score (nSPS) is 12.0. The topological polar surface area (TPSA) is 32.3 Å². The number of rotatable bonds is 6. The molecule has 2 heteroatoms. The Balaban J connectivity index is 2.48. The molecule has 1 rings (SSSR count). The maximum atomic E-state index is 9.21. The number of aromatic hydroxyl groups is 1. The molecule has 0 fully saturated rings. The Hall–Kier alpha value is -1.46. The Morgan fingerprint density at radius 3 is 2.62 bits per heavy atom. The van der Waals surface area contributed by atoms with E-state index in [0.29, 0.717) is 11.8 Å². The van der Waals surface area contributed by atoms with Gasteiger partial charge in [-0.25, -0.2) is 0 Å². The first-order chi connectivity index (χ1) is 7.77. The van der Waals surface area contributed by atoms with Gasteiger partial charge in [0, 0.05) is 12.5 Å². The van der Waals surface area contributed by atoms with Gasteiger partial charge >= 0.3 is 0 Å². The Kier molecular flexibility index (Phi) is 5.45. The van der Waals surface area contributed by atoms with Gasteiger partial charge in [0.15, 0.2) is 0 Å². The molecule has 0 saturated heterocycles. The van der Waals surface area contributed by atoms with Crippen molar-refractivity contribution < 1.29 is 5.11 Å². The minimum atomic E-state index is 0.311. The molecule has 0 saturated carbocycles. The average Bonchev–Trinajstić information content (AvgIpc) is 2.31. The van der Waals surface area contributed by atoms with Crippen LogP contribution >= 0.6 is 0 Å². The molecule has 0 bridgehead atoms. The summed E-state index contributed by atoms with van der Waals surface area (Å²) in [4.78, 5) is 0. The van der Waals surface area contributed by atoms with E-state index in [-0.39, 0.29) is 0 Å². The van der Waals surface area contributed by atoms with E-state index >= 15 is 0 Å². The van der Waals surface area contributed by atoms with Crippen molar-refractivity contribution in [3.05, 3.63) is 29.8 Å². The van der Waals surface area contributed by atoms with Gasteiger partial charge in [0.1, 0.15) is 5.75 Å². The predicted octanol–water partition coefficient (Wildman–Crippen LogP) is 2.85. The van der Waals surface area contributed by atoms with E-state index in [9.17, 15) is 5.11 Å². The molecule has 0 spiro atoms. The fourth-order valence-corrected chi connectivity index (χ4v) is 1.67. The van der Waals surface area contributed by atoms with E-state index in [1.807, 2.05) is 12.1 Å². The van der Waals surface area contributed by atoms with Crippen molar-refractivity contribution in [3.8, 4) is 18.1 Å². The molecule has 2 N–H and O–H groups in total. The van der Waals surface area contributed by atoms with Crippen LogP contribution < -0.4 is 5.32 Å². The highest BCUT2D eigenvalue weighted by Crippen LogP contribution is 2.19. The van der Waals surface area contributed by atoms with Gasteiger partial charge in [-0.3, -0.25) is 0 Å². The molecule has 0 aliphatic rings. The van der Waals surface area contributed by atoms with E-state index in [1.54, 1.807) is 12.1 Å². The minimum Gasteiger partial charge on any atom is -0.508 e. The van der Waals surface area contributed by atoms with Crippen LogP contribution in [0, 0.1) is 12.3 Å². The molecule has 0 radical (unpaired) electrons. The molecule has 0 aliphatic carbocycles. The smallest absolute Gasteiger partial charge is 0.115 e. The molecule has 2 nitrogen and oxygen atoms in total. The first-order valence-corrected chi connectivity index (χ1v) is 5.73. The molecule has 16 heavy (non-hydrogen) atoms. The van der Waals surface area contributed by atoms with Crippen LogP contribution in [0.1, 0.15) is 37.8 Å². The zero-order chi connectivity index (χ0) is 11.8. The highest BCUT2D eigenvalue weighted by atomic mass is 16.3. The quantitative estimate of drug-likeness (QED) is 0.567. The van der Waals surface area contributed by atoms with Crippen LogP contribution in [0.2, 0.25) is 0 Å². The van der Waals surface area contributed by atoms with Crippen molar-refractivity contribution >= 4 is 0 Å². The summed E-state index contributed by atoms with van der Waals surface area (Å²) in [5.74, 6) is 2.94. The second-order valence-electron chi connectivity index (χ2n) is 3.81. The molecular weight excluding hydrogens is 198 g/mol. The van der Waals surface area contributed by atoms with Crippen molar-refractivity contribution in [1.29, 1.82) is 0 Å². The summed E-state index contributed by atoms with van der Waals surface area (Å²) in [5.41, 5.74) is 1.21. The lowest BCUT2D eigenvalue weighted by molar-refractivity contribution is 0.473. The van der Waals surface area contributed by atoms with E-state index in [2.05, 4.69) is 18.2 Å². The molecule has 0 aliphatic heterocycles. The average molecular weight is 217 g/mol. The molecule has 1 aromatic rings. The summed E-state index contributed by atoms with van der Waals surface area (Å²) in [6.45, 7) is 3.08. The molecule has 0 aromatic heterocycles. The third kappa shape index (κ3) is 3.96. The van der Waals surface area contributed by atoms with Crippen molar-refractivity contribution in [2.24, 2.45) is 0 Å². The maximum absolute atomic E-state index is 9.21. The van der Waals surface area contributed by atoms with Crippen LogP contribution in [0.15, 0.2) is 24.3 Å². The van der Waals surface area contributed by atoms with Gasteiger partial charge in [0.25, 0.3) is 0 Å². The summed E-state index contributed by atoms with van der Waals surface area (Å²) >= 11 is 0. The number of nitrogens with one attached hydrogen (secondary N) is 1. The number of hydrogen-bond donors (Lipinski definition) is 2. The van der Waals surface area contributed by atoms with Crippen molar-refractivity contribution in [2.75, 3.05) is 6.54 Å². The van der Waals surface area contributed by atoms with Gasteiger partial charge in [-0.1, -0.05) is 19.1 Å². The maximum Gasteiger partial charge on any atom is 0.115 e. The van der Waals surface area contributed by atoms with Crippen molar-refractivity contribution in [1.82, 2.24) is 5.32 Å². The van der Waals surface area contributed by atoms with Crippen LogP contribution in [0.5, 0.6) is 5.75 Å². The number of unbranched alkanes of at least 4 members (excludes halogenated alkanes) is 1. The third-order valence-corrected chi connectivity index (χ3v) is 2.59. The summed E-state index contributed by atoms with van der Waals surface area (Å²) in [6.07, 6.45) is 8.05. The van der Waals surface area contributed by atoms with Crippen LogP contribution in [-0.2, 0) is 0 Å². The lowest BCUT2D eigenvalue weighted by Crippen LogP contribution is -2.21. The Labute approximate surface area is 97.7 Å². The lowest BCUT2D eigenvalue weighted by atomic mass is 10.0. The van der Waals surface area contributed by atoms with Crippen LogP contribution in [0.25, 0.3) is 0 Å². The molecule has 0 heterocycles. The van der Waals surface area contributed by atoms with Gasteiger partial charge in [-0.2, -0.15) is 0 Å². The predicted molar refractivity (Wildman–Crippen MR) is 67.2 cm³/mol. The minimum absolute atomic E-state index is 0.311. The van der Waals surface area contributed by atoms with Gasteiger partial charge in [0.2, 0.25) is 0 Å². The summed E-state index contributed by atoms with van der Waals surface area (Å²) in [5, 5.41) is 12.7. The summed E-state index contributed by atoms with van der Waals surface area (Å²) in [7, 11) is 0. The monoisotopic (exact) mass is 217 g/mol. The molecule has 0 amide bonds. The number of benzene rings is 1. The second-order valence-corrected chi connectivity index (χ2v) is 3.81. The third-order valence-electron chi connectivity index (χ3n) is 2.59. The highest BCUT2D eigenvalue weighted by Gasteiger charge is 2.07. The number of hydrogen-bond acceptors (Lipinski definition) is 2. The van der Waals surface area contributed by atoms with E-state index in [4.69, 9.17) is 6.42 Å². The Morgan fingerprint density at radius 2 is 2.06 bits per heavy atom. The van der Waals surface area contributed by atoms with E-state index in [1.165, 1.54) is 5.56 Å². The molecule has 1 unspecified atom stereocenters. The van der Waals surface area contributed by atoms with Crippen LogP contribution in [0.3, 0.4) is 0 Å². The Morgan fingerprint density at radius 1 is 1.38 bits per heavy atom. The lowest BCUT2D eigenvalue weighted by Gasteiger charge is -2.17.